The number of carbonyl (C=O) groups excluding carboxylic acids is 1. The normalized spacial score (nSPS) is 12.4. The first kappa shape index (κ1) is 11.1. The molecule has 0 saturated carbocycles. The van der Waals surface area contributed by atoms with E-state index in [1.54, 1.807) is 13.1 Å². The summed E-state index contributed by atoms with van der Waals surface area (Å²) in [6, 6.07) is 9.76. The molecule has 16 heavy (non-hydrogen) atoms. The average molecular weight is 279 g/mol. The van der Waals surface area contributed by atoms with E-state index in [9.17, 15) is 4.79 Å². The molecular weight excluding hydrogens is 268 g/mol. The number of hydrogen-bond acceptors (Lipinski definition) is 2. The molecule has 3 nitrogen and oxygen atoms in total. The van der Waals surface area contributed by atoms with Crippen molar-refractivity contribution in [3.05, 3.63) is 36.5 Å². The maximum atomic E-state index is 11.5. The fourth-order valence-corrected chi connectivity index (χ4v) is 1.49. The zero-order valence-electron chi connectivity index (χ0n) is 8.77. The van der Waals surface area contributed by atoms with E-state index in [1.165, 1.54) is 0 Å². The third-order valence-electron chi connectivity index (χ3n) is 2.24. The fourth-order valence-electron chi connectivity index (χ4n) is 1.38. The van der Waals surface area contributed by atoms with E-state index in [2.05, 4.69) is 26.2 Å². The predicted molar refractivity (Wildman–Crippen MR) is 68.8 cm³/mol. The van der Waals surface area contributed by atoms with Gasteiger partial charge in [0.2, 0.25) is 5.91 Å². The Morgan fingerprint density at radius 2 is 2.06 bits per heavy atom. The molecule has 1 N–H and O–H groups in total. The molecule has 0 fully saturated rings. The Bertz CT molecular complexity index is 525. The van der Waals surface area contributed by atoms with Crippen molar-refractivity contribution in [1.82, 2.24) is 4.98 Å². The summed E-state index contributed by atoms with van der Waals surface area (Å²) in [5.74, 6) is 0.484. The number of aromatic nitrogens is 1. The smallest absolute Gasteiger partial charge is 0.239 e. The molecule has 0 aliphatic carbocycles. The van der Waals surface area contributed by atoms with Crippen LogP contribution < -0.4 is 5.32 Å². The highest BCUT2D eigenvalue weighted by Crippen LogP contribution is 2.16. The molecule has 1 aromatic heterocycles. The average Bonchev–Trinajstić information content (AvgIpc) is 2.28. The Morgan fingerprint density at radius 3 is 2.75 bits per heavy atom. The third-order valence-corrected chi connectivity index (χ3v) is 2.66. The number of rotatable bonds is 2. The summed E-state index contributed by atoms with van der Waals surface area (Å²) >= 11 is 3.21. The number of carbonyl (C=O) groups is 1. The number of fused-ring (bicyclic) bond motifs is 1. The Hall–Kier alpha value is -1.42. The zero-order chi connectivity index (χ0) is 11.5. The molecule has 1 amide bonds. The molecule has 0 aliphatic rings. The molecule has 1 aromatic carbocycles. The molecule has 2 aromatic rings. The number of benzene rings is 1. The van der Waals surface area contributed by atoms with Crippen LogP contribution in [0.25, 0.3) is 10.8 Å². The Kier molecular flexibility index (Phi) is 3.19. The second kappa shape index (κ2) is 4.61. The molecule has 0 radical (unpaired) electrons. The number of amides is 1. The third kappa shape index (κ3) is 2.39. The monoisotopic (exact) mass is 278 g/mol. The summed E-state index contributed by atoms with van der Waals surface area (Å²) in [5, 5.41) is 4.86. The second-order valence-electron chi connectivity index (χ2n) is 3.52. The lowest BCUT2D eigenvalue weighted by Crippen LogP contribution is -2.20. The Balaban J connectivity index is 2.29. The van der Waals surface area contributed by atoms with E-state index < -0.39 is 0 Å². The van der Waals surface area contributed by atoms with E-state index in [0.717, 1.165) is 10.8 Å². The van der Waals surface area contributed by atoms with Gasteiger partial charge in [-0.05, 0) is 18.4 Å². The summed E-state index contributed by atoms with van der Waals surface area (Å²) in [7, 11) is 0. The van der Waals surface area contributed by atoms with Crippen LogP contribution in [0.5, 0.6) is 0 Å². The maximum absolute atomic E-state index is 11.5. The van der Waals surface area contributed by atoms with Crippen LogP contribution in [0, 0.1) is 0 Å². The highest BCUT2D eigenvalue weighted by molar-refractivity contribution is 9.10. The molecule has 0 aliphatic heterocycles. The highest BCUT2D eigenvalue weighted by Gasteiger charge is 2.09. The van der Waals surface area contributed by atoms with Gasteiger partial charge in [0.25, 0.3) is 0 Å². The van der Waals surface area contributed by atoms with Gasteiger partial charge in [-0.25, -0.2) is 4.98 Å². The lowest BCUT2D eigenvalue weighted by atomic mass is 10.2. The molecule has 2 rings (SSSR count). The molecule has 1 unspecified atom stereocenters. The summed E-state index contributed by atoms with van der Waals surface area (Å²) in [5.41, 5.74) is 0. The van der Waals surface area contributed by atoms with Crippen molar-refractivity contribution >= 4 is 38.4 Å². The minimum absolute atomic E-state index is 0.0946. The summed E-state index contributed by atoms with van der Waals surface area (Å²) in [4.78, 5) is 15.4. The van der Waals surface area contributed by atoms with Crippen LogP contribution in [0.1, 0.15) is 6.92 Å². The quantitative estimate of drug-likeness (QED) is 0.859. The molecule has 0 bridgehead atoms. The van der Waals surface area contributed by atoms with Crippen molar-refractivity contribution in [2.45, 2.75) is 11.8 Å². The van der Waals surface area contributed by atoms with Crippen molar-refractivity contribution in [3.8, 4) is 0 Å². The first-order valence-electron chi connectivity index (χ1n) is 4.96. The van der Waals surface area contributed by atoms with Crippen LogP contribution in [0.15, 0.2) is 36.5 Å². The van der Waals surface area contributed by atoms with Crippen molar-refractivity contribution < 1.29 is 4.79 Å². The number of nitrogens with one attached hydrogen (secondary N) is 1. The zero-order valence-corrected chi connectivity index (χ0v) is 10.4. The standard InChI is InChI=1S/C12H11BrN2O/c1-8(13)12(16)15-11-6-9-4-2-3-5-10(9)7-14-11/h2-8H,1H3,(H,14,15,16). The molecule has 1 heterocycles. The van der Waals surface area contributed by atoms with Gasteiger partial charge in [-0.3, -0.25) is 4.79 Å². The lowest BCUT2D eigenvalue weighted by molar-refractivity contribution is -0.115. The Labute approximate surface area is 102 Å². The molecule has 4 heteroatoms. The van der Waals surface area contributed by atoms with Crippen molar-refractivity contribution in [2.24, 2.45) is 0 Å². The molecule has 82 valence electrons. The highest BCUT2D eigenvalue weighted by atomic mass is 79.9. The maximum Gasteiger partial charge on any atom is 0.239 e. The largest absolute Gasteiger partial charge is 0.310 e. The number of pyridine rings is 1. The Morgan fingerprint density at radius 1 is 1.38 bits per heavy atom. The molecular formula is C12H11BrN2O. The lowest BCUT2D eigenvalue weighted by Gasteiger charge is -2.06. The van der Waals surface area contributed by atoms with Gasteiger partial charge in [-0.1, -0.05) is 40.2 Å². The van der Waals surface area contributed by atoms with Gasteiger partial charge in [0.05, 0.1) is 4.83 Å². The number of halogens is 1. The van der Waals surface area contributed by atoms with E-state index in [0.29, 0.717) is 5.82 Å². The summed E-state index contributed by atoms with van der Waals surface area (Å²) in [6.45, 7) is 1.77. The first-order chi connectivity index (χ1) is 7.66. The van der Waals surface area contributed by atoms with Crippen LogP contribution in [-0.4, -0.2) is 15.7 Å². The predicted octanol–water partition coefficient (Wildman–Crippen LogP) is 2.96. The SMILES string of the molecule is CC(Br)C(=O)Nc1cc2ccccc2cn1. The van der Waals surface area contributed by atoms with Crippen LogP contribution in [0.4, 0.5) is 5.82 Å². The molecule has 1 atom stereocenters. The van der Waals surface area contributed by atoms with Gasteiger partial charge < -0.3 is 5.32 Å². The minimum Gasteiger partial charge on any atom is -0.310 e. The number of nitrogens with zero attached hydrogens (tertiary/aromatic N) is 1. The van der Waals surface area contributed by atoms with Crippen molar-refractivity contribution in [1.29, 1.82) is 0 Å². The number of alkyl halides is 1. The van der Waals surface area contributed by atoms with E-state index in [4.69, 9.17) is 0 Å². The van der Waals surface area contributed by atoms with Crippen LogP contribution in [0.2, 0.25) is 0 Å². The van der Waals surface area contributed by atoms with Crippen LogP contribution in [-0.2, 0) is 4.79 Å². The van der Waals surface area contributed by atoms with Gasteiger partial charge in [-0.2, -0.15) is 0 Å². The fraction of sp³-hybridized carbons (Fsp3) is 0.167. The van der Waals surface area contributed by atoms with Crippen LogP contribution >= 0.6 is 15.9 Å². The summed E-state index contributed by atoms with van der Waals surface area (Å²) < 4.78 is 0. The van der Waals surface area contributed by atoms with E-state index in [-0.39, 0.29) is 10.7 Å². The number of anilines is 1. The number of hydrogen-bond donors (Lipinski definition) is 1. The van der Waals surface area contributed by atoms with Gasteiger partial charge in [0.1, 0.15) is 5.82 Å². The van der Waals surface area contributed by atoms with Gasteiger partial charge in [-0.15, -0.1) is 0 Å². The van der Waals surface area contributed by atoms with Gasteiger partial charge in [0.15, 0.2) is 0 Å². The van der Waals surface area contributed by atoms with Crippen molar-refractivity contribution in [3.63, 3.8) is 0 Å². The molecule has 0 saturated heterocycles. The van der Waals surface area contributed by atoms with Crippen LogP contribution in [0.3, 0.4) is 0 Å². The first-order valence-corrected chi connectivity index (χ1v) is 5.88. The topological polar surface area (TPSA) is 42.0 Å². The van der Waals surface area contributed by atoms with Gasteiger partial charge >= 0.3 is 0 Å². The van der Waals surface area contributed by atoms with E-state index >= 15 is 0 Å². The molecule has 0 spiro atoms. The van der Waals surface area contributed by atoms with Gasteiger partial charge in [0, 0.05) is 11.6 Å². The van der Waals surface area contributed by atoms with Crippen molar-refractivity contribution in [2.75, 3.05) is 5.32 Å². The second-order valence-corrected chi connectivity index (χ2v) is 4.90. The minimum atomic E-state index is -0.222. The van der Waals surface area contributed by atoms with E-state index in [1.807, 2.05) is 30.3 Å². The summed E-state index contributed by atoms with van der Waals surface area (Å²) in [6.07, 6.45) is 1.75.